The van der Waals surface area contributed by atoms with E-state index in [9.17, 15) is 4.39 Å². The average Bonchev–Trinajstić information content (AvgIpc) is 3.06. The van der Waals surface area contributed by atoms with Crippen LogP contribution in [0.1, 0.15) is 12.0 Å². The standard InChI is InChI=1S/C11H12FN3O/c12-9-3-1-8(2-4-9)5-10(14-15-13)6-11-7-16-11/h1-4,10-11H,5-7H2/t10?,11-/m1/s1. The van der Waals surface area contributed by atoms with Gasteiger partial charge in [0.05, 0.1) is 12.7 Å². The highest BCUT2D eigenvalue weighted by Crippen LogP contribution is 2.20. The Bertz CT molecular complexity index is 396. The van der Waals surface area contributed by atoms with Gasteiger partial charge in [-0.3, -0.25) is 0 Å². The van der Waals surface area contributed by atoms with Crippen molar-refractivity contribution in [1.82, 2.24) is 0 Å². The highest BCUT2D eigenvalue weighted by Gasteiger charge is 2.26. The van der Waals surface area contributed by atoms with Crippen molar-refractivity contribution in [3.63, 3.8) is 0 Å². The lowest BCUT2D eigenvalue weighted by atomic mass is 10.0. The molecule has 1 aromatic rings. The Morgan fingerprint density at radius 2 is 2.19 bits per heavy atom. The molecule has 0 N–H and O–H groups in total. The fraction of sp³-hybridized carbons (Fsp3) is 0.455. The fourth-order valence-corrected chi connectivity index (χ4v) is 1.64. The van der Waals surface area contributed by atoms with Crippen LogP contribution in [-0.2, 0) is 11.2 Å². The molecule has 0 bridgehead atoms. The Morgan fingerprint density at radius 3 is 2.75 bits per heavy atom. The third-order valence-corrected chi connectivity index (χ3v) is 2.54. The first kappa shape index (κ1) is 10.9. The van der Waals surface area contributed by atoms with E-state index < -0.39 is 0 Å². The molecular weight excluding hydrogens is 209 g/mol. The van der Waals surface area contributed by atoms with Gasteiger partial charge in [-0.15, -0.1) is 0 Å². The quantitative estimate of drug-likeness (QED) is 0.326. The molecule has 0 radical (unpaired) electrons. The van der Waals surface area contributed by atoms with Crippen molar-refractivity contribution in [1.29, 1.82) is 0 Å². The molecule has 2 atom stereocenters. The van der Waals surface area contributed by atoms with Crippen LogP contribution >= 0.6 is 0 Å². The summed E-state index contributed by atoms with van der Waals surface area (Å²) in [5.74, 6) is -0.255. The molecule has 0 amide bonds. The maximum Gasteiger partial charge on any atom is 0.123 e. The number of ether oxygens (including phenoxy) is 1. The van der Waals surface area contributed by atoms with E-state index in [0.717, 1.165) is 18.6 Å². The molecule has 2 rings (SSSR count). The Labute approximate surface area is 92.7 Å². The third kappa shape index (κ3) is 3.22. The van der Waals surface area contributed by atoms with Crippen LogP contribution in [0.25, 0.3) is 10.4 Å². The van der Waals surface area contributed by atoms with Crippen LogP contribution in [0.2, 0.25) is 0 Å². The minimum absolute atomic E-state index is 0.108. The molecule has 16 heavy (non-hydrogen) atoms. The smallest absolute Gasteiger partial charge is 0.123 e. The van der Waals surface area contributed by atoms with E-state index in [4.69, 9.17) is 10.3 Å². The van der Waals surface area contributed by atoms with Crippen molar-refractivity contribution in [2.24, 2.45) is 5.11 Å². The van der Waals surface area contributed by atoms with E-state index in [1.54, 1.807) is 12.1 Å². The second-order valence-electron chi connectivity index (χ2n) is 3.88. The van der Waals surface area contributed by atoms with Gasteiger partial charge in [0.2, 0.25) is 0 Å². The van der Waals surface area contributed by atoms with Gasteiger partial charge in [0, 0.05) is 11.0 Å². The first-order chi connectivity index (χ1) is 7.78. The number of nitrogens with zero attached hydrogens (tertiary/aromatic N) is 3. The molecule has 1 saturated heterocycles. The van der Waals surface area contributed by atoms with E-state index in [2.05, 4.69) is 10.0 Å². The zero-order valence-electron chi connectivity index (χ0n) is 8.71. The van der Waals surface area contributed by atoms with Crippen molar-refractivity contribution in [3.8, 4) is 0 Å². The summed E-state index contributed by atoms with van der Waals surface area (Å²) in [5, 5.41) is 3.73. The molecule has 0 aliphatic carbocycles. The lowest BCUT2D eigenvalue weighted by molar-refractivity contribution is 0.379. The fourth-order valence-electron chi connectivity index (χ4n) is 1.64. The number of azide groups is 1. The van der Waals surface area contributed by atoms with Gasteiger partial charge in [0.25, 0.3) is 0 Å². The molecule has 0 aromatic heterocycles. The highest BCUT2D eigenvalue weighted by atomic mass is 19.1. The first-order valence-electron chi connectivity index (χ1n) is 5.18. The lowest BCUT2D eigenvalue weighted by Crippen LogP contribution is -2.10. The molecule has 1 aromatic carbocycles. The summed E-state index contributed by atoms with van der Waals surface area (Å²) in [6.45, 7) is 0.751. The van der Waals surface area contributed by atoms with Gasteiger partial charge >= 0.3 is 0 Å². The maximum atomic E-state index is 12.7. The summed E-state index contributed by atoms with van der Waals surface area (Å²) in [5.41, 5.74) is 9.42. The molecule has 1 heterocycles. The van der Waals surface area contributed by atoms with Crippen LogP contribution in [0, 0.1) is 5.82 Å². The average molecular weight is 221 g/mol. The van der Waals surface area contributed by atoms with Crippen molar-refractivity contribution < 1.29 is 9.13 Å². The van der Waals surface area contributed by atoms with Gasteiger partial charge < -0.3 is 4.74 Å². The van der Waals surface area contributed by atoms with Crippen LogP contribution in [-0.4, -0.2) is 18.8 Å². The highest BCUT2D eigenvalue weighted by molar-refractivity contribution is 5.17. The SMILES string of the molecule is [N-]=[N+]=NC(Cc1ccc(F)cc1)C[C@@H]1CO1. The zero-order valence-corrected chi connectivity index (χ0v) is 8.71. The Balaban J connectivity index is 1.98. The maximum absolute atomic E-state index is 12.7. The Morgan fingerprint density at radius 1 is 1.50 bits per heavy atom. The molecule has 1 fully saturated rings. The topological polar surface area (TPSA) is 61.3 Å². The predicted molar refractivity (Wildman–Crippen MR) is 57.4 cm³/mol. The van der Waals surface area contributed by atoms with Crippen LogP contribution < -0.4 is 0 Å². The van der Waals surface area contributed by atoms with Gasteiger partial charge in [-0.05, 0) is 36.1 Å². The number of halogens is 1. The number of hydrogen-bond donors (Lipinski definition) is 0. The van der Waals surface area contributed by atoms with Crippen LogP contribution in [0.3, 0.4) is 0 Å². The van der Waals surface area contributed by atoms with E-state index in [1.165, 1.54) is 12.1 Å². The van der Waals surface area contributed by atoms with E-state index in [1.807, 2.05) is 0 Å². The van der Waals surface area contributed by atoms with Crippen molar-refractivity contribution in [2.75, 3.05) is 6.61 Å². The zero-order chi connectivity index (χ0) is 11.4. The van der Waals surface area contributed by atoms with Gasteiger partial charge in [-0.25, -0.2) is 4.39 Å². The minimum Gasteiger partial charge on any atom is -0.373 e. The van der Waals surface area contributed by atoms with Crippen molar-refractivity contribution >= 4 is 0 Å². The molecule has 0 saturated carbocycles. The number of hydrogen-bond acceptors (Lipinski definition) is 2. The van der Waals surface area contributed by atoms with Crippen LogP contribution in [0.15, 0.2) is 29.4 Å². The predicted octanol–water partition coefficient (Wildman–Crippen LogP) is 2.84. The van der Waals surface area contributed by atoms with Gasteiger partial charge in [-0.1, -0.05) is 17.2 Å². The van der Waals surface area contributed by atoms with E-state index in [0.29, 0.717) is 6.42 Å². The first-order valence-corrected chi connectivity index (χ1v) is 5.18. The Hall–Kier alpha value is -1.58. The summed E-state index contributed by atoms with van der Waals surface area (Å²) in [7, 11) is 0. The molecule has 84 valence electrons. The molecule has 1 unspecified atom stereocenters. The monoisotopic (exact) mass is 221 g/mol. The van der Waals surface area contributed by atoms with E-state index in [-0.39, 0.29) is 18.0 Å². The number of rotatable bonds is 5. The van der Waals surface area contributed by atoms with Gasteiger partial charge in [0.1, 0.15) is 5.82 Å². The summed E-state index contributed by atoms with van der Waals surface area (Å²) in [6.07, 6.45) is 1.60. The molecular formula is C11H12FN3O. The van der Waals surface area contributed by atoms with E-state index >= 15 is 0 Å². The lowest BCUT2D eigenvalue weighted by Gasteiger charge is -2.09. The van der Waals surface area contributed by atoms with Gasteiger partial charge in [-0.2, -0.15) is 0 Å². The Kier molecular flexibility index (Phi) is 3.39. The summed E-state index contributed by atoms with van der Waals surface area (Å²) in [6, 6.07) is 6.14. The summed E-state index contributed by atoms with van der Waals surface area (Å²) in [4.78, 5) is 2.83. The minimum atomic E-state index is -0.255. The summed E-state index contributed by atoms with van der Waals surface area (Å²) < 4.78 is 17.8. The molecule has 0 spiro atoms. The molecule has 1 aliphatic rings. The van der Waals surface area contributed by atoms with Gasteiger partial charge in [0.15, 0.2) is 0 Å². The second-order valence-corrected chi connectivity index (χ2v) is 3.88. The van der Waals surface area contributed by atoms with Crippen LogP contribution in [0.4, 0.5) is 4.39 Å². The molecule has 4 nitrogen and oxygen atoms in total. The van der Waals surface area contributed by atoms with Crippen LogP contribution in [0.5, 0.6) is 0 Å². The van der Waals surface area contributed by atoms with Crippen molar-refractivity contribution in [3.05, 3.63) is 46.1 Å². The number of benzene rings is 1. The number of epoxide rings is 1. The largest absolute Gasteiger partial charge is 0.373 e. The second kappa shape index (κ2) is 4.96. The third-order valence-electron chi connectivity index (χ3n) is 2.54. The van der Waals surface area contributed by atoms with Crippen molar-refractivity contribution in [2.45, 2.75) is 25.0 Å². The molecule has 5 heteroatoms. The normalized spacial score (nSPS) is 19.9. The summed E-state index contributed by atoms with van der Waals surface area (Å²) >= 11 is 0. The molecule has 1 aliphatic heterocycles.